The minimum absolute atomic E-state index is 0.130. The molecule has 0 aliphatic carbocycles. The Bertz CT molecular complexity index is 457. The number of carbonyl (C=O) groups is 2. The molecule has 0 spiro atoms. The van der Waals surface area contributed by atoms with Gasteiger partial charge in [-0.15, -0.1) is 0 Å². The molecule has 2 heterocycles. The van der Waals surface area contributed by atoms with Crippen LogP contribution in [0.25, 0.3) is 0 Å². The summed E-state index contributed by atoms with van der Waals surface area (Å²) in [5.74, 6) is -0.0418. The van der Waals surface area contributed by atoms with E-state index in [-0.39, 0.29) is 18.4 Å². The highest BCUT2D eigenvalue weighted by atomic mass is 16.5. The van der Waals surface area contributed by atoms with Crippen LogP contribution >= 0.6 is 0 Å². The molecule has 2 amide bonds. The molecule has 1 fully saturated rings. The summed E-state index contributed by atoms with van der Waals surface area (Å²) in [6, 6.07) is -0.596. The quantitative estimate of drug-likeness (QED) is 0.769. The monoisotopic (exact) mass is 252 g/mol. The number of aromatic amines is 1. The molecule has 1 atom stereocenters. The number of morpholine rings is 1. The third-order valence-electron chi connectivity index (χ3n) is 2.78. The average Bonchev–Trinajstić information content (AvgIpc) is 2.74. The molecule has 1 aliphatic rings. The number of aryl methyl sites for hydroxylation is 1. The maximum absolute atomic E-state index is 12.0. The number of anilines is 1. The van der Waals surface area contributed by atoms with Crippen LogP contribution in [-0.2, 0) is 14.3 Å². The molecule has 1 unspecified atom stereocenters. The van der Waals surface area contributed by atoms with Crippen LogP contribution in [0, 0.1) is 6.92 Å². The fourth-order valence-electron chi connectivity index (χ4n) is 1.87. The summed E-state index contributed by atoms with van der Waals surface area (Å²) in [5.41, 5.74) is 0.855. The van der Waals surface area contributed by atoms with Crippen LogP contribution in [0.2, 0.25) is 0 Å². The molecule has 2 rings (SSSR count). The van der Waals surface area contributed by atoms with Crippen LogP contribution in [0.3, 0.4) is 0 Å². The van der Waals surface area contributed by atoms with E-state index < -0.39 is 6.04 Å². The molecule has 1 aromatic rings. The van der Waals surface area contributed by atoms with Gasteiger partial charge in [-0.3, -0.25) is 14.9 Å². The van der Waals surface area contributed by atoms with Gasteiger partial charge in [0.2, 0.25) is 11.9 Å². The number of imidazole rings is 1. The molecule has 7 nitrogen and oxygen atoms in total. The van der Waals surface area contributed by atoms with Crippen molar-refractivity contribution in [3.05, 3.63) is 11.9 Å². The minimum Gasteiger partial charge on any atom is -0.377 e. The van der Waals surface area contributed by atoms with Gasteiger partial charge in [-0.2, -0.15) is 0 Å². The Morgan fingerprint density at radius 1 is 1.61 bits per heavy atom. The largest absolute Gasteiger partial charge is 0.377 e. The average molecular weight is 252 g/mol. The van der Waals surface area contributed by atoms with Gasteiger partial charge >= 0.3 is 0 Å². The molecule has 0 aromatic carbocycles. The lowest BCUT2D eigenvalue weighted by Gasteiger charge is -2.33. The summed E-state index contributed by atoms with van der Waals surface area (Å²) in [7, 11) is 0. The van der Waals surface area contributed by atoms with Crippen molar-refractivity contribution in [2.24, 2.45) is 0 Å². The van der Waals surface area contributed by atoms with E-state index >= 15 is 0 Å². The number of hydrogen-bond acceptors (Lipinski definition) is 4. The zero-order chi connectivity index (χ0) is 13.1. The van der Waals surface area contributed by atoms with E-state index in [9.17, 15) is 9.59 Å². The summed E-state index contributed by atoms with van der Waals surface area (Å²) in [5, 5.41) is 2.64. The Kier molecular flexibility index (Phi) is 3.61. The number of rotatable bonds is 2. The van der Waals surface area contributed by atoms with Gasteiger partial charge in [0, 0.05) is 25.4 Å². The molecule has 98 valence electrons. The number of amides is 2. The first-order valence-corrected chi connectivity index (χ1v) is 5.75. The van der Waals surface area contributed by atoms with E-state index in [2.05, 4.69) is 15.3 Å². The topological polar surface area (TPSA) is 87.3 Å². The van der Waals surface area contributed by atoms with E-state index in [4.69, 9.17) is 4.74 Å². The lowest BCUT2D eigenvalue weighted by Crippen LogP contribution is -2.53. The van der Waals surface area contributed by atoms with Gasteiger partial charge in [0.25, 0.3) is 5.91 Å². The maximum atomic E-state index is 12.0. The molecule has 7 heteroatoms. The Morgan fingerprint density at radius 2 is 2.39 bits per heavy atom. The zero-order valence-corrected chi connectivity index (χ0v) is 10.4. The van der Waals surface area contributed by atoms with Gasteiger partial charge in [0.1, 0.15) is 6.04 Å². The second-order valence-electron chi connectivity index (χ2n) is 4.21. The van der Waals surface area contributed by atoms with Gasteiger partial charge < -0.3 is 14.6 Å². The van der Waals surface area contributed by atoms with Gasteiger partial charge in [0.05, 0.1) is 13.2 Å². The molecule has 1 saturated heterocycles. The van der Waals surface area contributed by atoms with E-state index in [0.717, 1.165) is 5.69 Å². The van der Waals surface area contributed by atoms with E-state index in [1.807, 2.05) is 6.92 Å². The third kappa shape index (κ3) is 2.67. The first-order chi connectivity index (χ1) is 8.58. The first kappa shape index (κ1) is 12.6. The Labute approximate surface area is 105 Å². The van der Waals surface area contributed by atoms with Crippen molar-refractivity contribution < 1.29 is 14.3 Å². The lowest BCUT2D eigenvalue weighted by molar-refractivity contribution is -0.144. The number of nitrogens with zero attached hydrogens (tertiary/aromatic N) is 2. The fraction of sp³-hybridized carbons (Fsp3) is 0.545. The highest BCUT2D eigenvalue weighted by molar-refractivity contribution is 5.96. The van der Waals surface area contributed by atoms with E-state index in [1.165, 1.54) is 11.8 Å². The molecule has 1 aliphatic heterocycles. The van der Waals surface area contributed by atoms with Crippen LogP contribution < -0.4 is 5.32 Å². The molecular weight excluding hydrogens is 236 g/mol. The molecule has 2 N–H and O–H groups in total. The molecule has 0 saturated carbocycles. The molecular formula is C11H16N4O3. The van der Waals surface area contributed by atoms with Crippen molar-refractivity contribution in [3.8, 4) is 0 Å². The summed E-state index contributed by atoms with van der Waals surface area (Å²) in [6.07, 6.45) is 1.62. The van der Waals surface area contributed by atoms with Crippen LogP contribution in [0.4, 0.5) is 5.95 Å². The number of nitrogens with one attached hydrogen (secondary N) is 2. The number of carbonyl (C=O) groups excluding carboxylic acids is 2. The standard InChI is InChI=1S/C11H16N4O3/c1-7-5-12-11(13-7)14-10(17)9-6-18-4-3-15(9)8(2)16/h5,9H,3-4,6H2,1-2H3,(H2,12,13,14,17). The SMILES string of the molecule is CC(=O)N1CCOCC1C(=O)Nc1ncc(C)[nH]1. The van der Waals surface area contributed by atoms with Gasteiger partial charge in [-0.25, -0.2) is 4.98 Å². The lowest BCUT2D eigenvalue weighted by atomic mass is 10.2. The van der Waals surface area contributed by atoms with Crippen molar-refractivity contribution in [2.75, 3.05) is 25.1 Å². The van der Waals surface area contributed by atoms with Gasteiger partial charge in [-0.1, -0.05) is 0 Å². The van der Waals surface area contributed by atoms with Crippen LogP contribution in [-0.4, -0.2) is 52.5 Å². The second-order valence-corrected chi connectivity index (χ2v) is 4.21. The van der Waals surface area contributed by atoms with Crippen molar-refractivity contribution in [3.63, 3.8) is 0 Å². The molecule has 18 heavy (non-hydrogen) atoms. The Hall–Kier alpha value is -1.89. The first-order valence-electron chi connectivity index (χ1n) is 5.75. The number of hydrogen-bond donors (Lipinski definition) is 2. The fourth-order valence-corrected chi connectivity index (χ4v) is 1.87. The predicted octanol–water partition coefficient (Wildman–Crippen LogP) is -0.0961. The van der Waals surface area contributed by atoms with Crippen LogP contribution in [0.5, 0.6) is 0 Å². The number of aromatic nitrogens is 2. The number of H-pyrrole nitrogens is 1. The molecule has 1 aromatic heterocycles. The smallest absolute Gasteiger partial charge is 0.251 e. The zero-order valence-electron chi connectivity index (χ0n) is 10.4. The summed E-state index contributed by atoms with van der Waals surface area (Å²) >= 11 is 0. The molecule has 0 bridgehead atoms. The summed E-state index contributed by atoms with van der Waals surface area (Å²) in [6.45, 7) is 4.40. The summed E-state index contributed by atoms with van der Waals surface area (Å²) in [4.78, 5) is 31.9. The van der Waals surface area contributed by atoms with E-state index in [1.54, 1.807) is 6.20 Å². The van der Waals surface area contributed by atoms with Crippen molar-refractivity contribution in [1.29, 1.82) is 0 Å². The van der Waals surface area contributed by atoms with Crippen molar-refractivity contribution in [1.82, 2.24) is 14.9 Å². The van der Waals surface area contributed by atoms with Crippen LogP contribution in [0.15, 0.2) is 6.20 Å². The normalized spacial score (nSPS) is 19.7. The van der Waals surface area contributed by atoms with Gasteiger partial charge in [-0.05, 0) is 6.92 Å². The maximum Gasteiger partial charge on any atom is 0.251 e. The Balaban J connectivity index is 2.04. The number of ether oxygens (including phenoxy) is 1. The van der Waals surface area contributed by atoms with Crippen LogP contribution in [0.1, 0.15) is 12.6 Å². The highest BCUT2D eigenvalue weighted by Gasteiger charge is 2.31. The van der Waals surface area contributed by atoms with Crippen molar-refractivity contribution >= 4 is 17.8 Å². The predicted molar refractivity (Wildman–Crippen MR) is 63.9 cm³/mol. The molecule has 0 radical (unpaired) electrons. The Morgan fingerprint density at radius 3 is 3.00 bits per heavy atom. The second kappa shape index (κ2) is 5.18. The highest BCUT2D eigenvalue weighted by Crippen LogP contribution is 2.10. The third-order valence-corrected chi connectivity index (χ3v) is 2.78. The van der Waals surface area contributed by atoms with E-state index in [0.29, 0.717) is 19.1 Å². The van der Waals surface area contributed by atoms with Gasteiger partial charge in [0.15, 0.2) is 0 Å². The minimum atomic E-state index is -0.596. The summed E-state index contributed by atoms with van der Waals surface area (Å²) < 4.78 is 5.24. The van der Waals surface area contributed by atoms with Crippen molar-refractivity contribution in [2.45, 2.75) is 19.9 Å².